The van der Waals surface area contributed by atoms with Crippen molar-refractivity contribution in [1.29, 1.82) is 0 Å². The lowest BCUT2D eigenvalue weighted by Crippen LogP contribution is -2.61. The number of anilines is 1. The zero-order chi connectivity index (χ0) is 12.8. The first-order valence-electron chi connectivity index (χ1n) is 5.00. The van der Waals surface area contributed by atoms with E-state index in [1.807, 2.05) is 0 Å². The van der Waals surface area contributed by atoms with E-state index in [2.05, 4.69) is 0 Å². The van der Waals surface area contributed by atoms with Crippen LogP contribution in [0.5, 0.6) is 0 Å². The maximum absolute atomic E-state index is 12.2. The van der Waals surface area contributed by atoms with Gasteiger partial charge >= 0.3 is 0 Å². The number of nitrogen functional groups attached to an aromatic ring is 1. The molecule has 0 amide bonds. The molecule has 0 aromatic heterocycles. The number of nitrogens with two attached hydrogens (primary N) is 1. The van der Waals surface area contributed by atoms with Crippen molar-refractivity contribution < 1.29 is 13.5 Å². The lowest BCUT2D eigenvalue weighted by atomic mass is 10.0. The number of sulfonamides is 1. The molecule has 1 aliphatic rings. The molecule has 1 heterocycles. The number of β-amino-alcohol motifs (C(OH)–C–C–N with tert-alkyl or cyclic N) is 1. The summed E-state index contributed by atoms with van der Waals surface area (Å²) in [5.41, 5.74) is 4.92. The van der Waals surface area contributed by atoms with E-state index in [1.165, 1.54) is 22.5 Å². The molecular weight excluding hydrogens is 264 g/mol. The first-order valence-corrected chi connectivity index (χ1v) is 6.82. The Balaban J connectivity index is 2.36. The van der Waals surface area contributed by atoms with Crippen LogP contribution in [-0.4, -0.2) is 36.5 Å². The van der Waals surface area contributed by atoms with E-state index in [4.69, 9.17) is 17.3 Å². The first kappa shape index (κ1) is 12.6. The van der Waals surface area contributed by atoms with Crippen molar-refractivity contribution in [2.45, 2.75) is 17.4 Å². The minimum Gasteiger partial charge on any atom is -0.399 e. The number of benzene rings is 1. The second kappa shape index (κ2) is 3.84. The largest absolute Gasteiger partial charge is 0.399 e. The number of nitrogens with zero attached hydrogens (tertiary/aromatic N) is 1. The van der Waals surface area contributed by atoms with Crippen LogP contribution in [0.15, 0.2) is 23.1 Å². The van der Waals surface area contributed by atoms with Crippen molar-refractivity contribution in [3.63, 3.8) is 0 Å². The third-order valence-corrected chi connectivity index (χ3v) is 4.88. The molecule has 5 nitrogen and oxygen atoms in total. The summed E-state index contributed by atoms with van der Waals surface area (Å²) in [5.74, 6) is 0. The van der Waals surface area contributed by atoms with E-state index in [1.54, 1.807) is 6.92 Å². The maximum Gasteiger partial charge on any atom is 0.244 e. The third kappa shape index (κ3) is 2.26. The number of hydrogen-bond donors (Lipinski definition) is 2. The average molecular weight is 277 g/mol. The summed E-state index contributed by atoms with van der Waals surface area (Å²) < 4.78 is 25.5. The topological polar surface area (TPSA) is 83.6 Å². The molecule has 0 bridgehead atoms. The van der Waals surface area contributed by atoms with Gasteiger partial charge in [-0.2, -0.15) is 4.31 Å². The minimum atomic E-state index is -3.67. The highest BCUT2D eigenvalue weighted by molar-refractivity contribution is 7.89. The van der Waals surface area contributed by atoms with Gasteiger partial charge in [-0.15, -0.1) is 0 Å². The molecule has 1 aromatic rings. The standard InChI is InChI=1S/C10H13ClN2O3S/c1-10(14)5-13(6-10)17(15,16)9-4-7(12)2-3-8(9)11/h2-4,14H,5-6,12H2,1H3. The van der Waals surface area contributed by atoms with Crippen molar-refractivity contribution in [2.24, 2.45) is 0 Å². The lowest BCUT2D eigenvalue weighted by molar-refractivity contribution is -0.0426. The summed E-state index contributed by atoms with van der Waals surface area (Å²) in [6.07, 6.45) is 0. The Morgan fingerprint density at radius 1 is 1.47 bits per heavy atom. The smallest absolute Gasteiger partial charge is 0.244 e. The summed E-state index contributed by atoms with van der Waals surface area (Å²) in [6.45, 7) is 1.72. The number of aliphatic hydroxyl groups is 1. The van der Waals surface area contributed by atoms with Gasteiger partial charge in [-0.25, -0.2) is 8.42 Å². The molecule has 0 atom stereocenters. The van der Waals surface area contributed by atoms with Gasteiger partial charge in [-0.3, -0.25) is 0 Å². The van der Waals surface area contributed by atoms with Gasteiger partial charge in [0.05, 0.1) is 10.6 Å². The SMILES string of the molecule is CC1(O)CN(S(=O)(=O)c2cc(N)ccc2Cl)C1. The zero-order valence-electron chi connectivity index (χ0n) is 9.22. The van der Waals surface area contributed by atoms with Gasteiger partial charge in [0.15, 0.2) is 0 Å². The maximum atomic E-state index is 12.2. The Bertz CT molecular complexity index is 549. The Labute approximate surface area is 105 Å². The second-order valence-corrected chi connectivity index (χ2v) is 6.77. The van der Waals surface area contributed by atoms with Gasteiger partial charge in [-0.1, -0.05) is 11.6 Å². The van der Waals surface area contributed by atoms with Gasteiger partial charge in [-0.05, 0) is 25.1 Å². The quantitative estimate of drug-likeness (QED) is 0.778. The van der Waals surface area contributed by atoms with Crippen molar-refractivity contribution in [1.82, 2.24) is 4.31 Å². The molecule has 1 aliphatic heterocycles. The molecule has 3 N–H and O–H groups in total. The van der Waals surface area contributed by atoms with Gasteiger partial charge in [0, 0.05) is 18.8 Å². The molecule has 1 saturated heterocycles. The summed E-state index contributed by atoms with van der Waals surface area (Å²) >= 11 is 5.85. The molecule has 1 fully saturated rings. The molecule has 0 spiro atoms. The van der Waals surface area contributed by atoms with Crippen molar-refractivity contribution in [3.05, 3.63) is 23.2 Å². The fourth-order valence-corrected chi connectivity index (χ4v) is 3.92. The van der Waals surface area contributed by atoms with Gasteiger partial charge < -0.3 is 10.8 Å². The molecule has 1 aromatic carbocycles. The Hall–Kier alpha value is -0.820. The highest BCUT2D eigenvalue weighted by atomic mass is 35.5. The van der Waals surface area contributed by atoms with E-state index >= 15 is 0 Å². The monoisotopic (exact) mass is 276 g/mol. The van der Waals surface area contributed by atoms with Gasteiger partial charge in [0.25, 0.3) is 0 Å². The summed E-state index contributed by atoms with van der Waals surface area (Å²) in [5, 5.41) is 9.68. The van der Waals surface area contributed by atoms with E-state index in [0.29, 0.717) is 5.69 Å². The number of rotatable bonds is 2. The van der Waals surface area contributed by atoms with E-state index in [-0.39, 0.29) is 23.0 Å². The van der Waals surface area contributed by atoms with E-state index in [9.17, 15) is 13.5 Å². The van der Waals surface area contributed by atoms with E-state index < -0.39 is 15.6 Å². The van der Waals surface area contributed by atoms with Gasteiger partial charge in [0.2, 0.25) is 10.0 Å². The fraction of sp³-hybridized carbons (Fsp3) is 0.400. The van der Waals surface area contributed by atoms with Crippen LogP contribution in [0.1, 0.15) is 6.92 Å². The molecule has 0 unspecified atom stereocenters. The molecule has 0 aliphatic carbocycles. The van der Waals surface area contributed by atoms with Crippen LogP contribution in [0.2, 0.25) is 5.02 Å². The van der Waals surface area contributed by atoms with Crippen molar-refractivity contribution in [2.75, 3.05) is 18.8 Å². The highest BCUT2D eigenvalue weighted by Gasteiger charge is 2.44. The molecule has 2 rings (SSSR count). The number of halogens is 1. The summed E-state index contributed by atoms with van der Waals surface area (Å²) in [4.78, 5) is -0.0188. The van der Waals surface area contributed by atoms with Crippen LogP contribution in [0.3, 0.4) is 0 Å². The number of hydrogen-bond acceptors (Lipinski definition) is 4. The first-order chi connectivity index (χ1) is 7.72. The fourth-order valence-electron chi connectivity index (χ4n) is 1.74. The predicted molar refractivity (Wildman–Crippen MR) is 65.2 cm³/mol. The van der Waals surface area contributed by atoms with Crippen LogP contribution in [0.25, 0.3) is 0 Å². The molecule has 17 heavy (non-hydrogen) atoms. The molecule has 94 valence electrons. The normalized spacial score (nSPS) is 19.9. The molecule has 0 saturated carbocycles. The molecule has 0 radical (unpaired) electrons. The summed E-state index contributed by atoms with van der Waals surface area (Å²) in [6, 6.07) is 4.31. The van der Waals surface area contributed by atoms with Gasteiger partial charge in [0.1, 0.15) is 4.90 Å². The van der Waals surface area contributed by atoms with Crippen molar-refractivity contribution >= 4 is 27.3 Å². The highest BCUT2D eigenvalue weighted by Crippen LogP contribution is 2.32. The van der Waals surface area contributed by atoms with E-state index in [0.717, 1.165) is 0 Å². The second-order valence-electron chi connectivity index (χ2n) is 4.46. The van der Waals surface area contributed by atoms with Crippen LogP contribution in [0, 0.1) is 0 Å². The zero-order valence-corrected chi connectivity index (χ0v) is 10.8. The Morgan fingerprint density at radius 2 is 2.06 bits per heavy atom. The predicted octanol–water partition coefficient (Wildman–Crippen LogP) is 0.677. The van der Waals surface area contributed by atoms with Crippen LogP contribution in [0.4, 0.5) is 5.69 Å². The third-order valence-electron chi connectivity index (χ3n) is 2.61. The minimum absolute atomic E-state index is 0.0188. The van der Waals surface area contributed by atoms with Crippen molar-refractivity contribution in [3.8, 4) is 0 Å². The molecule has 7 heteroatoms. The van der Waals surface area contributed by atoms with Crippen LogP contribution < -0.4 is 5.73 Å². The average Bonchev–Trinajstić information content (AvgIpc) is 2.18. The molecular formula is C10H13ClN2O3S. The Kier molecular flexibility index (Phi) is 2.86. The lowest BCUT2D eigenvalue weighted by Gasteiger charge is -2.42. The Morgan fingerprint density at radius 3 is 2.59 bits per heavy atom. The van der Waals surface area contributed by atoms with Crippen LogP contribution >= 0.6 is 11.6 Å². The van der Waals surface area contributed by atoms with Crippen LogP contribution in [-0.2, 0) is 10.0 Å². The summed E-state index contributed by atoms with van der Waals surface area (Å²) in [7, 11) is -3.67.